The van der Waals surface area contributed by atoms with Gasteiger partial charge in [-0.1, -0.05) is 25.7 Å². The van der Waals surface area contributed by atoms with Crippen LogP contribution in [-0.4, -0.2) is 83.5 Å². The van der Waals surface area contributed by atoms with E-state index in [9.17, 15) is 24.3 Å². The minimum atomic E-state index is -1.08. The molecule has 1 aromatic carbocycles. The molecule has 8 rings (SSSR count). The van der Waals surface area contributed by atoms with E-state index in [0.717, 1.165) is 93.0 Å². The second-order valence-electron chi connectivity index (χ2n) is 15.5. The molecule has 5 heterocycles. The van der Waals surface area contributed by atoms with Gasteiger partial charge in [0.1, 0.15) is 29.9 Å². The van der Waals surface area contributed by atoms with Crippen LogP contribution in [0.25, 0.3) is 22.0 Å². The number of carbonyl (C=O) groups excluding carboxylic acids is 3. The van der Waals surface area contributed by atoms with Gasteiger partial charge in [0.25, 0.3) is 0 Å². The van der Waals surface area contributed by atoms with Crippen molar-refractivity contribution in [3.63, 3.8) is 0 Å². The van der Waals surface area contributed by atoms with Crippen LogP contribution in [0.1, 0.15) is 115 Å². The van der Waals surface area contributed by atoms with Crippen LogP contribution in [0, 0.1) is 12.3 Å². The number of piperidine rings is 1. The Labute approximate surface area is 308 Å². The molecule has 2 amide bonds. The minimum Gasteiger partial charge on any atom is -0.478 e. The predicted octanol–water partition coefficient (Wildman–Crippen LogP) is 5.46. The highest BCUT2D eigenvalue weighted by molar-refractivity contribution is 6.07. The number of rotatable bonds is 6. The average Bonchev–Trinajstić information content (AvgIpc) is 3.51. The molecular formula is C40H46N8O5. The zero-order chi connectivity index (χ0) is 36.9. The molecule has 276 valence electrons. The van der Waals surface area contributed by atoms with Crippen LogP contribution in [-0.2, 0) is 22.6 Å². The third-order valence-corrected chi connectivity index (χ3v) is 11.8. The summed E-state index contributed by atoms with van der Waals surface area (Å²) in [6.07, 6.45) is 13.8. The average molecular weight is 719 g/mol. The number of hydrogen-bond acceptors (Lipinski definition) is 9. The van der Waals surface area contributed by atoms with Crippen LogP contribution in [0.2, 0.25) is 0 Å². The van der Waals surface area contributed by atoms with E-state index in [2.05, 4.69) is 31.7 Å². The van der Waals surface area contributed by atoms with Gasteiger partial charge in [0.2, 0.25) is 11.8 Å². The number of carboxylic acids is 1. The lowest BCUT2D eigenvalue weighted by Gasteiger charge is -2.28. The second-order valence-corrected chi connectivity index (χ2v) is 15.5. The molecule has 13 nitrogen and oxygen atoms in total. The molecule has 4 aliphatic rings. The van der Waals surface area contributed by atoms with Crippen molar-refractivity contribution in [2.45, 2.75) is 109 Å². The normalized spacial score (nSPS) is 23.6. The molecule has 3 atom stereocenters. The van der Waals surface area contributed by atoms with Crippen LogP contribution in [0.15, 0.2) is 36.7 Å². The number of aromatic nitrogens is 5. The number of anilines is 1. The molecule has 0 unspecified atom stereocenters. The Balaban J connectivity index is 1.15. The fourth-order valence-corrected chi connectivity index (χ4v) is 8.65. The standard InChI is InChI=1S/C40H46N8O5/c1-23(49)36-30-14-27(29-19-42-24(2)43-20-29)13-26-9-6-4-3-5-7-12-41-22-40-17-32(48(33(40)18-40)35(50)21-47(46-36)37(26)30)38(51)45-34-16-28(39(52)53)15-31(44-34)25-10-8-11-25/h13-16,19-20,25,32-33,41H,3-12,17-18,21-22H2,1-2H3,(H,52,53)(H,44,45,51)/t32-,33+,40-/m0/s1. The third kappa shape index (κ3) is 6.82. The third-order valence-electron chi connectivity index (χ3n) is 11.8. The van der Waals surface area contributed by atoms with Crippen molar-refractivity contribution in [3.8, 4) is 11.1 Å². The van der Waals surface area contributed by atoms with Crippen molar-refractivity contribution in [1.82, 2.24) is 34.9 Å². The molecule has 2 bridgehead atoms. The largest absolute Gasteiger partial charge is 0.478 e. The van der Waals surface area contributed by atoms with Crippen LogP contribution in [0.4, 0.5) is 5.82 Å². The molecule has 3 fully saturated rings. The highest BCUT2D eigenvalue weighted by Gasteiger charge is 2.66. The summed E-state index contributed by atoms with van der Waals surface area (Å²) in [4.78, 5) is 69.0. The number of nitrogens with one attached hydrogen (secondary N) is 2. The summed E-state index contributed by atoms with van der Waals surface area (Å²) >= 11 is 0. The van der Waals surface area contributed by atoms with E-state index >= 15 is 0 Å². The van der Waals surface area contributed by atoms with Crippen molar-refractivity contribution in [1.29, 1.82) is 0 Å². The predicted molar refractivity (Wildman–Crippen MR) is 198 cm³/mol. The number of carboxylic acid groups (broad SMARTS) is 1. The summed E-state index contributed by atoms with van der Waals surface area (Å²) in [5.41, 5.74) is 4.29. The van der Waals surface area contributed by atoms with Gasteiger partial charge in [0, 0.05) is 59.9 Å². The Morgan fingerprint density at radius 2 is 1.74 bits per heavy atom. The molecule has 0 spiro atoms. The lowest BCUT2D eigenvalue weighted by Crippen LogP contribution is -2.47. The summed E-state index contributed by atoms with van der Waals surface area (Å²) in [7, 11) is 0. The minimum absolute atomic E-state index is 0.0777. The van der Waals surface area contributed by atoms with Crippen molar-refractivity contribution < 1.29 is 24.3 Å². The number of benzene rings is 1. The van der Waals surface area contributed by atoms with Crippen LogP contribution in [0.5, 0.6) is 0 Å². The number of Topliss-reactive ketones (excluding diaryl/α,β-unsaturated/α-hetero) is 1. The van der Waals surface area contributed by atoms with Crippen molar-refractivity contribution >= 4 is 40.3 Å². The number of aromatic carboxylic acids is 1. The maximum atomic E-state index is 14.6. The number of carbonyl (C=O) groups is 4. The molecule has 13 heteroatoms. The van der Waals surface area contributed by atoms with Gasteiger partial charge in [-0.2, -0.15) is 5.10 Å². The monoisotopic (exact) mass is 718 g/mol. The molecule has 2 aliphatic carbocycles. The van der Waals surface area contributed by atoms with Gasteiger partial charge in [-0.15, -0.1) is 0 Å². The van der Waals surface area contributed by atoms with Crippen molar-refractivity contribution in [2.75, 3.05) is 18.4 Å². The molecular weight excluding hydrogens is 672 g/mol. The molecule has 2 aliphatic heterocycles. The van der Waals surface area contributed by atoms with Gasteiger partial charge in [0.05, 0.1) is 11.1 Å². The quantitative estimate of drug-likeness (QED) is 0.218. The van der Waals surface area contributed by atoms with E-state index in [1.54, 1.807) is 28.0 Å². The molecule has 3 N–H and O–H groups in total. The zero-order valence-corrected chi connectivity index (χ0v) is 30.4. The van der Waals surface area contributed by atoms with Gasteiger partial charge < -0.3 is 20.6 Å². The van der Waals surface area contributed by atoms with E-state index in [4.69, 9.17) is 5.10 Å². The summed E-state index contributed by atoms with van der Waals surface area (Å²) in [5.74, 6) is -0.877. The van der Waals surface area contributed by atoms with Gasteiger partial charge in [-0.05, 0) is 93.8 Å². The maximum absolute atomic E-state index is 14.6. The number of pyridine rings is 1. The van der Waals surface area contributed by atoms with E-state index in [1.807, 2.05) is 13.0 Å². The van der Waals surface area contributed by atoms with E-state index in [1.165, 1.54) is 13.0 Å². The molecule has 0 radical (unpaired) electrons. The lowest BCUT2D eigenvalue weighted by molar-refractivity contribution is -0.138. The molecule has 4 aromatic rings. The van der Waals surface area contributed by atoms with Crippen LogP contribution < -0.4 is 10.6 Å². The zero-order valence-electron chi connectivity index (χ0n) is 30.4. The summed E-state index contributed by atoms with van der Waals surface area (Å²) in [6, 6.07) is 6.14. The van der Waals surface area contributed by atoms with Crippen molar-refractivity contribution in [3.05, 3.63) is 65.0 Å². The first-order valence-electron chi connectivity index (χ1n) is 19.0. The Hall–Kier alpha value is -5.04. The first-order valence-corrected chi connectivity index (χ1v) is 19.0. The highest BCUT2D eigenvalue weighted by atomic mass is 16.4. The Morgan fingerprint density at radius 3 is 2.47 bits per heavy atom. The highest BCUT2D eigenvalue weighted by Crippen LogP contribution is 2.59. The number of nitrogens with zero attached hydrogens (tertiary/aromatic N) is 6. The number of ketones is 1. The first-order chi connectivity index (χ1) is 25.6. The van der Waals surface area contributed by atoms with Gasteiger partial charge in [-0.25, -0.2) is 19.7 Å². The maximum Gasteiger partial charge on any atom is 0.335 e. The number of amides is 2. The van der Waals surface area contributed by atoms with Gasteiger partial charge >= 0.3 is 5.97 Å². The van der Waals surface area contributed by atoms with E-state index in [-0.39, 0.29) is 52.9 Å². The molecule has 1 saturated heterocycles. The van der Waals surface area contributed by atoms with Gasteiger partial charge in [0.15, 0.2) is 5.78 Å². The molecule has 2 saturated carbocycles. The summed E-state index contributed by atoms with van der Waals surface area (Å²) < 4.78 is 1.66. The smallest absolute Gasteiger partial charge is 0.335 e. The van der Waals surface area contributed by atoms with E-state index < -0.39 is 12.0 Å². The molecule has 53 heavy (non-hydrogen) atoms. The Bertz CT molecular complexity index is 2110. The fourth-order valence-electron chi connectivity index (χ4n) is 8.65. The Morgan fingerprint density at radius 1 is 0.962 bits per heavy atom. The van der Waals surface area contributed by atoms with E-state index in [0.29, 0.717) is 35.6 Å². The van der Waals surface area contributed by atoms with Gasteiger partial charge in [-0.3, -0.25) is 19.1 Å². The van der Waals surface area contributed by atoms with Crippen LogP contribution in [0.3, 0.4) is 0 Å². The SMILES string of the molecule is CC(=O)c1nn2c3c(cc(-c4cnc(C)nc4)cc13)CCCCCCCNC[C@@]13C[C@@H](C(=O)Nc4cc(C(=O)O)cc(C5CCC5)n4)N(C(=O)C2)[C@@H]1C3. The molecule has 3 aromatic heterocycles. The lowest BCUT2D eigenvalue weighted by atomic mass is 9.82. The Kier molecular flexibility index (Phi) is 9.30. The van der Waals surface area contributed by atoms with Crippen LogP contribution >= 0.6 is 0 Å². The topological polar surface area (TPSA) is 172 Å². The number of hydrogen-bond donors (Lipinski definition) is 3. The summed E-state index contributed by atoms with van der Waals surface area (Å²) in [6.45, 7) is 4.78. The van der Waals surface area contributed by atoms with Crippen molar-refractivity contribution in [2.24, 2.45) is 5.41 Å². The number of aryl methyl sites for hydroxylation is 2. The summed E-state index contributed by atoms with van der Waals surface area (Å²) in [5, 5.41) is 21.8. The first kappa shape index (κ1) is 35.0. The second kappa shape index (κ2) is 14.1. The fraction of sp³-hybridized carbons (Fsp3) is 0.500.